The average molecular weight is 366 g/mol. The maximum atomic E-state index is 12.7. The molecular formula is C21H26N4O2. The van der Waals surface area contributed by atoms with Gasteiger partial charge in [0.2, 0.25) is 0 Å². The molecule has 2 aromatic heterocycles. The van der Waals surface area contributed by atoms with E-state index in [0.29, 0.717) is 17.8 Å². The van der Waals surface area contributed by atoms with Gasteiger partial charge in [-0.2, -0.15) is 0 Å². The lowest BCUT2D eigenvalue weighted by Gasteiger charge is -2.20. The maximum absolute atomic E-state index is 12.7. The topological polar surface area (TPSA) is 66.4 Å². The molecule has 3 rings (SSSR count). The highest BCUT2D eigenvalue weighted by Crippen LogP contribution is 2.14. The molecule has 142 valence electrons. The summed E-state index contributed by atoms with van der Waals surface area (Å²) in [5.74, 6) is -0.178. The first-order valence-electron chi connectivity index (χ1n) is 9.55. The molecule has 0 N–H and O–H groups in total. The summed E-state index contributed by atoms with van der Waals surface area (Å²) in [7, 11) is 1.78. The van der Waals surface area contributed by atoms with Gasteiger partial charge in [-0.3, -0.25) is 19.6 Å². The molecule has 6 nitrogen and oxygen atoms in total. The molecule has 1 aliphatic rings. The number of carbonyl (C=O) groups excluding carboxylic acids is 2. The Balaban J connectivity index is 1.64. The summed E-state index contributed by atoms with van der Waals surface area (Å²) in [6, 6.07) is 7.19. The number of pyridine rings is 2. The van der Waals surface area contributed by atoms with Crippen molar-refractivity contribution in [1.29, 1.82) is 0 Å². The normalized spacial score (nSPS) is 14.5. The van der Waals surface area contributed by atoms with Crippen molar-refractivity contribution < 1.29 is 9.59 Å². The van der Waals surface area contributed by atoms with E-state index in [1.54, 1.807) is 42.7 Å². The van der Waals surface area contributed by atoms with Crippen molar-refractivity contribution in [3.63, 3.8) is 0 Å². The van der Waals surface area contributed by atoms with Crippen molar-refractivity contribution >= 4 is 11.8 Å². The van der Waals surface area contributed by atoms with Crippen LogP contribution in [0.2, 0.25) is 0 Å². The van der Waals surface area contributed by atoms with Crippen molar-refractivity contribution in [1.82, 2.24) is 19.8 Å². The minimum absolute atomic E-state index is 0.0778. The smallest absolute Gasteiger partial charge is 0.272 e. The van der Waals surface area contributed by atoms with Gasteiger partial charge in [0.15, 0.2) is 0 Å². The van der Waals surface area contributed by atoms with Crippen LogP contribution in [0.5, 0.6) is 0 Å². The monoisotopic (exact) mass is 366 g/mol. The van der Waals surface area contributed by atoms with E-state index in [-0.39, 0.29) is 11.8 Å². The van der Waals surface area contributed by atoms with E-state index in [1.807, 2.05) is 17.0 Å². The minimum atomic E-state index is -0.101. The number of likely N-dealkylation sites (tertiary alicyclic amines) is 1. The standard InChI is InChI=1S/C21H26N4O2/c1-24(15-9-17-6-10-22-11-7-17)20(26)18-8-12-23-19(16-18)21(27)25-13-4-2-3-5-14-25/h6-8,10-12,16H,2-5,9,13-15H2,1H3. The van der Waals surface area contributed by atoms with Crippen LogP contribution in [0.3, 0.4) is 0 Å². The fourth-order valence-electron chi connectivity index (χ4n) is 3.28. The van der Waals surface area contributed by atoms with Crippen LogP contribution in [-0.4, -0.2) is 58.3 Å². The molecule has 1 saturated heterocycles. The number of amides is 2. The summed E-state index contributed by atoms with van der Waals surface area (Å²) in [6.45, 7) is 2.13. The van der Waals surface area contributed by atoms with E-state index in [2.05, 4.69) is 9.97 Å². The quantitative estimate of drug-likeness (QED) is 0.816. The second-order valence-corrected chi connectivity index (χ2v) is 6.97. The van der Waals surface area contributed by atoms with Crippen LogP contribution in [0.1, 0.15) is 52.1 Å². The van der Waals surface area contributed by atoms with Gasteiger partial charge in [0.25, 0.3) is 11.8 Å². The van der Waals surface area contributed by atoms with Crippen LogP contribution in [0.25, 0.3) is 0 Å². The first kappa shape index (κ1) is 19.0. The van der Waals surface area contributed by atoms with Gasteiger partial charge in [0.05, 0.1) is 0 Å². The summed E-state index contributed by atoms with van der Waals surface area (Å²) >= 11 is 0. The SMILES string of the molecule is CN(CCc1ccncc1)C(=O)c1ccnc(C(=O)N2CCCCCC2)c1. The van der Waals surface area contributed by atoms with Crippen molar-refractivity contribution in [3.8, 4) is 0 Å². The molecule has 0 atom stereocenters. The highest BCUT2D eigenvalue weighted by Gasteiger charge is 2.20. The molecule has 0 bridgehead atoms. The lowest BCUT2D eigenvalue weighted by atomic mass is 10.1. The Morgan fingerprint density at radius 1 is 1.04 bits per heavy atom. The Labute approximate surface area is 160 Å². The van der Waals surface area contributed by atoms with Gasteiger partial charge in [-0.15, -0.1) is 0 Å². The van der Waals surface area contributed by atoms with Crippen molar-refractivity contribution in [2.24, 2.45) is 0 Å². The average Bonchev–Trinajstić information content (AvgIpc) is 3.01. The lowest BCUT2D eigenvalue weighted by molar-refractivity contribution is 0.0755. The Morgan fingerprint density at radius 3 is 2.44 bits per heavy atom. The Bertz CT molecular complexity index is 771. The van der Waals surface area contributed by atoms with Crippen LogP contribution in [-0.2, 0) is 6.42 Å². The summed E-state index contributed by atoms with van der Waals surface area (Å²) in [4.78, 5) is 37.2. The Morgan fingerprint density at radius 2 is 1.74 bits per heavy atom. The molecule has 27 heavy (non-hydrogen) atoms. The van der Waals surface area contributed by atoms with E-state index in [9.17, 15) is 9.59 Å². The van der Waals surface area contributed by atoms with E-state index >= 15 is 0 Å². The number of carbonyl (C=O) groups is 2. The molecule has 2 amide bonds. The Kier molecular flexibility index (Phi) is 6.52. The van der Waals surface area contributed by atoms with E-state index in [4.69, 9.17) is 0 Å². The van der Waals surface area contributed by atoms with Crippen LogP contribution in [0, 0.1) is 0 Å². The third-order valence-electron chi connectivity index (χ3n) is 4.95. The van der Waals surface area contributed by atoms with Crippen molar-refractivity contribution in [2.75, 3.05) is 26.7 Å². The summed E-state index contributed by atoms with van der Waals surface area (Å²) in [6.07, 6.45) is 10.2. The summed E-state index contributed by atoms with van der Waals surface area (Å²) in [5.41, 5.74) is 1.99. The molecule has 0 aromatic carbocycles. The summed E-state index contributed by atoms with van der Waals surface area (Å²) < 4.78 is 0. The third kappa shape index (κ3) is 5.12. The first-order chi connectivity index (χ1) is 13.1. The van der Waals surface area contributed by atoms with Gasteiger partial charge < -0.3 is 9.80 Å². The zero-order chi connectivity index (χ0) is 19.1. The van der Waals surface area contributed by atoms with Crippen molar-refractivity contribution in [2.45, 2.75) is 32.1 Å². The molecule has 3 heterocycles. The third-order valence-corrected chi connectivity index (χ3v) is 4.95. The first-order valence-corrected chi connectivity index (χ1v) is 9.55. The zero-order valence-electron chi connectivity index (χ0n) is 15.8. The molecule has 0 saturated carbocycles. The van der Waals surface area contributed by atoms with Crippen LogP contribution in [0.15, 0.2) is 42.9 Å². The number of aromatic nitrogens is 2. The number of hydrogen-bond acceptors (Lipinski definition) is 4. The van der Waals surface area contributed by atoms with Gasteiger partial charge in [0, 0.05) is 50.8 Å². The fourth-order valence-corrected chi connectivity index (χ4v) is 3.28. The van der Waals surface area contributed by atoms with Gasteiger partial charge in [0.1, 0.15) is 5.69 Å². The van der Waals surface area contributed by atoms with Gasteiger partial charge >= 0.3 is 0 Å². The van der Waals surface area contributed by atoms with Gasteiger partial charge in [-0.1, -0.05) is 12.8 Å². The molecule has 6 heteroatoms. The van der Waals surface area contributed by atoms with Gasteiger partial charge in [-0.05, 0) is 49.1 Å². The maximum Gasteiger partial charge on any atom is 0.272 e. The summed E-state index contributed by atoms with van der Waals surface area (Å²) in [5, 5.41) is 0. The second-order valence-electron chi connectivity index (χ2n) is 6.97. The second kappa shape index (κ2) is 9.26. The highest BCUT2D eigenvalue weighted by molar-refractivity contribution is 5.98. The molecule has 0 spiro atoms. The zero-order valence-corrected chi connectivity index (χ0v) is 15.8. The van der Waals surface area contributed by atoms with Crippen LogP contribution < -0.4 is 0 Å². The molecule has 0 unspecified atom stereocenters. The Hall–Kier alpha value is -2.76. The molecule has 0 radical (unpaired) electrons. The van der Waals surface area contributed by atoms with Gasteiger partial charge in [-0.25, -0.2) is 0 Å². The number of rotatable bonds is 5. The molecule has 0 aliphatic carbocycles. The van der Waals surface area contributed by atoms with Crippen LogP contribution in [0.4, 0.5) is 0 Å². The van der Waals surface area contributed by atoms with Crippen molar-refractivity contribution in [3.05, 3.63) is 59.7 Å². The molecular weight excluding hydrogens is 340 g/mol. The predicted octanol–water partition coefficient (Wildman–Crippen LogP) is 2.81. The molecule has 1 aliphatic heterocycles. The minimum Gasteiger partial charge on any atom is -0.341 e. The van der Waals surface area contributed by atoms with Crippen LogP contribution >= 0.6 is 0 Å². The van der Waals surface area contributed by atoms with E-state index in [1.165, 1.54) is 0 Å². The lowest BCUT2D eigenvalue weighted by Crippen LogP contribution is -2.33. The number of hydrogen-bond donors (Lipinski definition) is 0. The highest BCUT2D eigenvalue weighted by atomic mass is 16.2. The predicted molar refractivity (Wildman–Crippen MR) is 104 cm³/mol. The van der Waals surface area contributed by atoms with E-state index in [0.717, 1.165) is 50.8 Å². The molecule has 1 fully saturated rings. The largest absolute Gasteiger partial charge is 0.341 e. The fraction of sp³-hybridized carbons (Fsp3) is 0.429. The molecule has 2 aromatic rings. The number of nitrogens with zero attached hydrogens (tertiary/aromatic N) is 4. The van der Waals surface area contributed by atoms with E-state index < -0.39 is 0 Å². The number of likely N-dealkylation sites (N-methyl/N-ethyl adjacent to an activating group) is 1.